The summed E-state index contributed by atoms with van der Waals surface area (Å²) in [6, 6.07) is 34.6. The Morgan fingerprint density at radius 3 is 2.35 bits per heavy atom. The summed E-state index contributed by atoms with van der Waals surface area (Å²) in [7, 11) is 0. The van der Waals surface area contributed by atoms with Crippen molar-refractivity contribution in [3.05, 3.63) is 161 Å². The monoisotopic (exact) mass is 762 g/mol. The quantitative estimate of drug-likeness (QED) is 0.110. The van der Waals surface area contributed by atoms with Crippen molar-refractivity contribution in [3.8, 4) is 17.6 Å². The first kappa shape index (κ1) is 37.6. The highest BCUT2D eigenvalue weighted by molar-refractivity contribution is 6.12. The lowest BCUT2D eigenvalue weighted by atomic mass is 9.65. The number of morpholine rings is 1. The lowest BCUT2D eigenvalue weighted by Gasteiger charge is -2.46. The van der Waals surface area contributed by atoms with Gasteiger partial charge in [0.25, 0.3) is 0 Å². The van der Waals surface area contributed by atoms with Gasteiger partial charge in [0.15, 0.2) is 0 Å². The van der Waals surface area contributed by atoms with Crippen LogP contribution in [0.15, 0.2) is 128 Å². The fraction of sp³-hybridized carbons (Fsp3) is 0.261. The van der Waals surface area contributed by atoms with Gasteiger partial charge >= 0.3 is 5.97 Å². The van der Waals surface area contributed by atoms with E-state index in [-0.39, 0.29) is 32.8 Å². The Morgan fingerprint density at radius 1 is 0.860 bits per heavy atom. The molecule has 0 saturated carbocycles. The van der Waals surface area contributed by atoms with Crippen molar-refractivity contribution in [2.24, 2.45) is 5.92 Å². The number of hydrogen-bond donors (Lipinski definition) is 4. The van der Waals surface area contributed by atoms with Crippen LogP contribution in [0.4, 0.5) is 5.69 Å². The van der Waals surface area contributed by atoms with Crippen LogP contribution in [0.1, 0.15) is 58.1 Å². The highest BCUT2D eigenvalue weighted by atomic mass is 16.6. The maximum absolute atomic E-state index is 15.3. The lowest BCUT2D eigenvalue weighted by Crippen LogP contribution is -2.55. The standard InChI is InChI=1S/C46H42N4O7/c51-25-10-8-12-30-20-21-37-36(28-30)46(45(55)49-37)38(43(53)48-24-22-34-18-7-9-23-47-34)40-44(54)57-41(32-15-5-2-6-16-32)39(31-13-3-1-4-14-31)50(40)42(46)33-17-11-19-35(29-33)56-27-26-52/h1-7,9,11,13-21,23,28-29,38-42,51-52H,10,22,24-27H2,(H,48,53)(H,49,55). The molecule has 4 aromatic carbocycles. The predicted molar refractivity (Wildman–Crippen MR) is 212 cm³/mol. The van der Waals surface area contributed by atoms with Gasteiger partial charge < -0.3 is 30.3 Å². The number of hydrogen-bond acceptors (Lipinski definition) is 9. The molecule has 2 fully saturated rings. The molecule has 5 aromatic rings. The van der Waals surface area contributed by atoms with Gasteiger partial charge in [0.05, 0.1) is 31.2 Å². The Bertz CT molecular complexity index is 2310. The molecule has 4 N–H and O–H groups in total. The highest BCUT2D eigenvalue weighted by Gasteiger charge is 2.74. The first-order chi connectivity index (χ1) is 27.9. The Balaban J connectivity index is 1.38. The van der Waals surface area contributed by atoms with E-state index in [0.717, 1.165) is 16.8 Å². The largest absolute Gasteiger partial charge is 0.491 e. The zero-order chi connectivity index (χ0) is 39.4. The molecule has 0 bridgehead atoms. The maximum atomic E-state index is 15.3. The summed E-state index contributed by atoms with van der Waals surface area (Å²) >= 11 is 0. The van der Waals surface area contributed by atoms with Crippen LogP contribution in [0, 0.1) is 17.8 Å². The van der Waals surface area contributed by atoms with E-state index in [2.05, 4.69) is 27.5 Å². The molecule has 11 nitrogen and oxygen atoms in total. The van der Waals surface area contributed by atoms with Gasteiger partial charge in [-0.25, -0.2) is 0 Å². The number of rotatable bonds is 11. The summed E-state index contributed by atoms with van der Waals surface area (Å²) < 4.78 is 12.4. The molecule has 1 spiro atoms. The van der Waals surface area contributed by atoms with Gasteiger partial charge in [0.2, 0.25) is 11.8 Å². The van der Waals surface area contributed by atoms with E-state index >= 15 is 9.59 Å². The maximum Gasteiger partial charge on any atom is 0.324 e. The summed E-state index contributed by atoms with van der Waals surface area (Å²) in [6.07, 6.45) is 1.56. The van der Waals surface area contributed by atoms with Crippen LogP contribution >= 0.6 is 0 Å². The number of cyclic esters (lactones) is 1. The molecule has 6 atom stereocenters. The number of benzene rings is 4. The number of esters is 1. The molecular weight excluding hydrogens is 721 g/mol. The fourth-order valence-corrected chi connectivity index (χ4v) is 8.80. The van der Waals surface area contributed by atoms with Crippen LogP contribution in [0.5, 0.6) is 5.75 Å². The van der Waals surface area contributed by atoms with Crippen LogP contribution < -0.4 is 15.4 Å². The molecule has 8 rings (SSSR count). The molecule has 2 amide bonds. The molecule has 57 heavy (non-hydrogen) atoms. The SMILES string of the molecule is O=C1OC(c2ccccc2)C(c2ccccc2)N2C1C(C(=O)NCCc1ccccn1)C1(C(=O)Nc3ccc(C#CCCO)cc31)C2c1cccc(OCCO)c1. The third-order valence-corrected chi connectivity index (χ3v) is 11.0. The minimum atomic E-state index is -1.70. The lowest BCUT2D eigenvalue weighted by molar-refractivity contribution is -0.178. The zero-order valence-corrected chi connectivity index (χ0v) is 31.1. The third kappa shape index (κ3) is 6.93. The van der Waals surface area contributed by atoms with Crippen LogP contribution in [-0.2, 0) is 31.0 Å². The van der Waals surface area contributed by atoms with Gasteiger partial charge in [-0.3, -0.25) is 24.3 Å². The van der Waals surface area contributed by atoms with E-state index in [4.69, 9.17) is 9.47 Å². The van der Waals surface area contributed by atoms with Gasteiger partial charge in [-0.15, -0.1) is 0 Å². The van der Waals surface area contributed by atoms with Crippen molar-refractivity contribution in [2.75, 3.05) is 31.7 Å². The number of ether oxygens (including phenoxy) is 2. The van der Waals surface area contributed by atoms with E-state index in [0.29, 0.717) is 34.5 Å². The van der Waals surface area contributed by atoms with E-state index < -0.39 is 53.3 Å². The van der Waals surface area contributed by atoms with E-state index in [9.17, 15) is 15.0 Å². The van der Waals surface area contributed by atoms with Gasteiger partial charge in [-0.05, 0) is 64.7 Å². The molecule has 4 heterocycles. The number of carbonyl (C=O) groups is 3. The second-order valence-corrected chi connectivity index (χ2v) is 14.3. The van der Waals surface area contributed by atoms with Crippen LogP contribution in [0.2, 0.25) is 0 Å². The molecule has 1 aromatic heterocycles. The van der Waals surface area contributed by atoms with Crippen LogP contribution in [0.3, 0.4) is 0 Å². The fourth-order valence-electron chi connectivity index (χ4n) is 8.80. The van der Waals surface area contributed by atoms with Crippen molar-refractivity contribution < 1.29 is 34.1 Å². The smallest absolute Gasteiger partial charge is 0.324 e. The number of anilines is 1. The Hall–Kier alpha value is -6.32. The number of nitrogens with one attached hydrogen (secondary N) is 2. The third-order valence-electron chi connectivity index (χ3n) is 11.0. The van der Waals surface area contributed by atoms with Crippen molar-refractivity contribution in [1.29, 1.82) is 0 Å². The molecule has 6 unspecified atom stereocenters. The first-order valence-corrected chi connectivity index (χ1v) is 19.1. The Kier molecular flexibility index (Phi) is 10.8. The van der Waals surface area contributed by atoms with Gasteiger partial charge in [0.1, 0.15) is 29.9 Å². The number of aromatic nitrogens is 1. The van der Waals surface area contributed by atoms with Gasteiger partial charge in [-0.2, -0.15) is 0 Å². The summed E-state index contributed by atoms with van der Waals surface area (Å²) in [5.74, 6) is 3.69. The predicted octanol–water partition coefficient (Wildman–Crippen LogP) is 4.82. The number of amides is 2. The number of nitrogens with zero attached hydrogens (tertiary/aromatic N) is 2. The van der Waals surface area contributed by atoms with Gasteiger partial charge in [0, 0.05) is 42.5 Å². The molecule has 3 aliphatic heterocycles. The first-order valence-electron chi connectivity index (χ1n) is 19.1. The molecule has 288 valence electrons. The van der Waals surface area contributed by atoms with E-state index in [1.807, 2.05) is 108 Å². The van der Waals surface area contributed by atoms with Crippen molar-refractivity contribution >= 4 is 23.5 Å². The number of fused-ring (bicyclic) bond motifs is 3. The molecule has 11 heteroatoms. The molecule has 0 aliphatic carbocycles. The second-order valence-electron chi connectivity index (χ2n) is 14.3. The minimum absolute atomic E-state index is 0.0428. The summed E-state index contributed by atoms with van der Waals surface area (Å²) in [6.45, 7) is -0.0683. The average molecular weight is 763 g/mol. The van der Waals surface area contributed by atoms with Crippen molar-refractivity contribution in [3.63, 3.8) is 0 Å². The number of carbonyl (C=O) groups excluding carboxylic acids is 3. The summed E-state index contributed by atoms with van der Waals surface area (Å²) in [5.41, 5.74) is 2.90. The topological polar surface area (TPSA) is 150 Å². The van der Waals surface area contributed by atoms with E-state index in [1.165, 1.54) is 0 Å². The average Bonchev–Trinajstić information content (AvgIpc) is 3.72. The number of pyridine rings is 1. The highest BCUT2D eigenvalue weighted by Crippen LogP contribution is 2.65. The zero-order valence-electron chi connectivity index (χ0n) is 31.1. The normalized spacial score (nSPS) is 23.4. The van der Waals surface area contributed by atoms with Gasteiger partial charge in [-0.1, -0.05) is 90.7 Å². The number of aliphatic hydroxyl groups is 2. The summed E-state index contributed by atoms with van der Waals surface area (Å²) in [5, 5.41) is 25.3. The summed E-state index contributed by atoms with van der Waals surface area (Å²) in [4.78, 5) is 51.9. The van der Waals surface area contributed by atoms with Crippen molar-refractivity contribution in [2.45, 2.75) is 42.5 Å². The second kappa shape index (κ2) is 16.4. The molecular formula is C46H42N4O7. The number of aliphatic hydroxyl groups excluding tert-OH is 2. The molecule has 0 radical (unpaired) electrons. The minimum Gasteiger partial charge on any atom is -0.491 e. The molecule has 2 saturated heterocycles. The Labute approximate surface area is 330 Å². The van der Waals surface area contributed by atoms with Crippen LogP contribution in [-0.4, -0.2) is 70.3 Å². The van der Waals surface area contributed by atoms with Crippen LogP contribution in [0.25, 0.3) is 0 Å². The molecule has 3 aliphatic rings. The van der Waals surface area contributed by atoms with E-state index in [1.54, 1.807) is 24.4 Å². The Morgan fingerprint density at radius 2 is 1.61 bits per heavy atom. The van der Waals surface area contributed by atoms with Crippen molar-refractivity contribution in [1.82, 2.24) is 15.2 Å².